The maximum absolute atomic E-state index is 13.2. The molecule has 27 heavy (non-hydrogen) atoms. The topological polar surface area (TPSA) is 53.6 Å². The van der Waals surface area contributed by atoms with Gasteiger partial charge in [-0.15, -0.1) is 24.8 Å². The maximum atomic E-state index is 13.2. The number of ether oxygens (including phenoxy) is 1. The molecule has 2 saturated heterocycles. The standard InChI is InChI=1S/C17H22F3N3O2.2ClH/c18-13-3-1-12(2-4-13)15(23-5-7-25-8-6-23)10-21-16(24)14-9-17(19,20)11-22-14;;/h1-4,14-15,22H,5-11H2,(H,21,24);2*1H. The molecule has 0 aromatic heterocycles. The Morgan fingerprint density at radius 1 is 1.26 bits per heavy atom. The molecule has 0 radical (unpaired) electrons. The molecule has 1 aromatic carbocycles. The highest BCUT2D eigenvalue weighted by atomic mass is 35.5. The lowest BCUT2D eigenvalue weighted by molar-refractivity contribution is -0.123. The molecule has 5 nitrogen and oxygen atoms in total. The average Bonchev–Trinajstić information content (AvgIpc) is 2.97. The molecule has 1 aromatic rings. The molecular formula is C17H24Cl2F3N3O2. The van der Waals surface area contributed by atoms with Gasteiger partial charge < -0.3 is 10.1 Å². The van der Waals surface area contributed by atoms with E-state index in [0.29, 0.717) is 26.3 Å². The Kier molecular flexibility index (Phi) is 9.30. The van der Waals surface area contributed by atoms with E-state index in [1.807, 2.05) is 0 Å². The normalized spacial score (nSPS) is 23.0. The summed E-state index contributed by atoms with van der Waals surface area (Å²) in [5, 5.41) is 5.31. The van der Waals surface area contributed by atoms with Crippen LogP contribution in [0.25, 0.3) is 0 Å². The summed E-state index contributed by atoms with van der Waals surface area (Å²) < 4.78 is 45.0. The first kappa shape index (κ1) is 24.0. The van der Waals surface area contributed by atoms with Crippen LogP contribution in [0.15, 0.2) is 24.3 Å². The lowest BCUT2D eigenvalue weighted by atomic mass is 10.0. The van der Waals surface area contributed by atoms with E-state index >= 15 is 0 Å². The van der Waals surface area contributed by atoms with E-state index < -0.39 is 30.8 Å². The predicted molar refractivity (Wildman–Crippen MR) is 100 cm³/mol. The molecule has 2 fully saturated rings. The number of alkyl halides is 2. The molecule has 2 unspecified atom stereocenters. The minimum absolute atomic E-state index is 0. The van der Waals surface area contributed by atoms with Crippen molar-refractivity contribution in [2.24, 2.45) is 0 Å². The van der Waals surface area contributed by atoms with Crippen LogP contribution in [0.3, 0.4) is 0 Å². The van der Waals surface area contributed by atoms with Crippen molar-refractivity contribution in [3.05, 3.63) is 35.6 Å². The van der Waals surface area contributed by atoms with Gasteiger partial charge in [0, 0.05) is 26.1 Å². The number of amides is 1. The summed E-state index contributed by atoms with van der Waals surface area (Å²) in [5.74, 6) is -3.61. The Hall–Kier alpha value is -1.06. The van der Waals surface area contributed by atoms with E-state index in [1.165, 1.54) is 12.1 Å². The Balaban J connectivity index is 0.00000182. The van der Waals surface area contributed by atoms with Gasteiger partial charge in [-0.2, -0.15) is 0 Å². The Morgan fingerprint density at radius 2 is 1.89 bits per heavy atom. The largest absolute Gasteiger partial charge is 0.379 e. The molecule has 1 amide bonds. The van der Waals surface area contributed by atoms with Crippen LogP contribution in [0.2, 0.25) is 0 Å². The van der Waals surface area contributed by atoms with Gasteiger partial charge in [0.15, 0.2) is 0 Å². The van der Waals surface area contributed by atoms with Crippen molar-refractivity contribution in [1.82, 2.24) is 15.5 Å². The number of carbonyl (C=O) groups is 1. The molecule has 10 heteroatoms. The van der Waals surface area contributed by atoms with Crippen molar-refractivity contribution in [2.45, 2.75) is 24.4 Å². The molecule has 2 N–H and O–H groups in total. The summed E-state index contributed by atoms with van der Waals surface area (Å²) in [6.07, 6.45) is -0.488. The van der Waals surface area contributed by atoms with Gasteiger partial charge in [-0.3, -0.25) is 15.0 Å². The van der Waals surface area contributed by atoms with Gasteiger partial charge in [-0.05, 0) is 17.7 Å². The highest BCUT2D eigenvalue weighted by Gasteiger charge is 2.42. The molecule has 2 aliphatic rings. The second-order valence-electron chi connectivity index (χ2n) is 6.45. The number of carbonyl (C=O) groups excluding carboxylic acids is 1. The van der Waals surface area contributed by atoms with Crippen LogP contribution in [0.1, 0.15) is 18.0 Å². The molecule has 0 aliphatic carbocycles. The van der Waals surface area contributed by atoms with Crippen LogP contribution in [-0.2, 0) is 9.53 Å². The fourth-order valence-corrected chi connectivity index (χ4v) is 3.25. The lowest BCUT2D eigenvalue weighted by Crippen LogP contribution is -2.47. The number of nitrogens with one attached hydrogen (secondary N) is 2. The first-order valence-corrected chi connectivity index (χ1v) is 8.41. The summed E-state index contributed by atoms with van der Waals surface area (Å²) in [4.78, 5) is 14.3. The Bertz CT molecular complexity index is 602. The number of rotatable bonds is 5. The number of hydrogen-bond acceptors (Lipinski definition) is 4. The van der Waals surface area contributed by atoms with Crippen LogP contribution < -0.4 is 10.6 Å². The fourth-order valence-electron chi connectivity index (χ4n) is 3.25. The van der Waals surface area contributed by atoms with E-state index in [-0.39, 0.29) is 43.2 Å². The van der Waals surface area contributed by atoms with Crippen LogP contribution in [-0.4, -0.2) is 62.2 Å². The highest BCUT2D eigenvalue weighted by molar-refractivity contribution is 5.85. The second kappa shape index (κ2) is 10.5. The summed E-state index contributed by atoms with van der Waals surface area (Å²) >= 11 is 0. The summed E-state index contributed by atoms with van der Waals surface area (Å²) in [6.45, 7) is 2.35. The molecule has 2 heterocycles. The first-order chi connectivity index (χ1) is 11.9. The fraction of sp³-hybridized carbons (Fsp3) is 0.588. The van der Waals surface area contributed by atoms with E-state index in [0.717, 1.165) is 5.56 Å². The molecule has 0 saturated carbocycles. The predicted octanol–water partition coefficient (Wildman–Crippen LogP) is 2.16. The van der Waals surface area contributed by atoms with Gasteiger partial charge in [-0.1, -0.05) is 12.1 Å². The van der Waals surface area contributed by atoms with Crippen molar-refractivity contribution in [3.8, 4) is 0 Å². The molecular weight excluding hydrogens is 406 g/mol. The van der Waals surface area contributed by atoms with Crippen molar-refractivity contribution in [2.75, 3.05) is 39.4 Å². The van der Waals surface area contributed by atoms with Crippen LogP contribution in [0.5, 0.6) is 0 Å². The molecule has 2 aliphatic heterocycles. The average molecular weight is 430 g/mol. The third-order valence-corrected chi connectivity index (χ3v) is 4.64. The van der Waals surface area contributed by atoms with Crippen LogP contribution >= 0.6 is 24.8 Å². The summed E-state index contributed by atoms with van der Waals surface area (Å²) in [7, 11) is 0. The van der Waals surface area contributed by atoms with Gasteiger partial charge in [0.2, 0.25) is 5.91 Å². The maximum Gasteiger partial charge on any atom is 0.262 e. The molecule has 0 spiro atoms. The van der Waals surface area contributed by atoms with E-state index in [9.17, 15) is 18.0 Å². The molecule has 154 valence electrons. The van der Waals surface area contributed by atoms with Crippen molar-refractivity contribution in [3.63, 3.8) is 0 Å². The van der Waals surface area contributed by atoms with Crippen molar-refractivity contribution < 1.29 is 22.7 Å². The summed E-state index contributed by atoms with van der Waals surface area (Å²) in [5.41, 5.74) is 0.869. The molecule has 0 bridgehead atoms. The monoisotopic (exact) mass is 429 g/mol. The van der Waals surface area contributed by atoms with Gasteiger partial charge in [0.1, 0.15) is 5.82 Å². The van der Waals surface area contributed by atoms with E-state index in [4.69, 9.17) is 4.74 Å². The first-order valence-electron chi connectivity index (χ1n) is 8.41. The minimum Gasteiger partial charge on any atom is -0.379 e. The smallest absolute Gasteiger partial charge is 0.262 e. The quantitative estimate of drug-likeness (QED) is 0.752. The van der Waals surface area contributed by atoms with Crippen molar-refractivity contribution in [1.29, 1.82) is 0 Å². The second-order valence-corrected chi connectivity index (χ2v) is 6.45. The highest BCUT2D eigenvalue weighted by Crippen LogP contribution is 2.26. The van der Waals surface area contributed by atoms with Gasteiger partial charge in [-0.25, -0.2) is 13.2 Å². The Morgan fingerprint density at radius 3 is 2.44 bits per heavy atom. The molecule has 2 atom stereocenters. The van der Waals surface area contributed by atoms with Gasteiger partial charge in [0.25, 0.3) is 5.92 Å². The number of hydrogen-bond donors (Lipinski definition) is 2. The number of benzene rings is 1. The zero-order chi connectivity index (χ0) is 17.9. The lowest BCUT2D eigenvalue weighted by Gasteiger charge is -2.35. The van der Waals surface area contributed by atoms with Gasteiger partial charge in [0.05, 0.1) is 31.8 Å². The zero-order valence-corrected chi connectivity index (χ0v) is 16.3. The number of nitrogens with zero attached hydrogens (tertiary/aromatic N) is 1. The zero-order valence-electron chi connectivity index (χ0n) is 14.6. The third-order valence-electron chi connectivity index (χ3n) is 4.64. The van der Waals surface area contributed by atoms with Gasteiger partial charge >= 0.3 is 0 Å². The Labute approximate surface area is 168 Å². The third kappa shape index (κ3) is 6.50. The van der Waals surface area contributed by atoms with Crippen LogP contribution in [0, 0.1) is 5.82 Å². The minimum atomic E-state index is -2.84. The van der Waals surface area contributed by atoms with E-state index in [2.05, 4.69) is 15.5 Å². The molecule has 3 rings (SSSR count). The van der Waals surface area contributed by atoms with Crippen molar-refractivity contribution >= 4 is 30.7 Å². The summed E-state index contributed by atoms with van der Waals surface area (Å²) in [6, 6.07) is 5.09. The SMILES string of the molecule is Cl.Cl.O=C(NCC(c1ccc(F)cc1)N1CCOCC1)C1CC(F)(F)CN1. The van der Waals surface area contributed by atoms with Crippen LogP contribution in [0.4, 0.5) is 13.2 Å². The number of halogens is 5. The van der Waals surface area contributed by atoms with E-state index in [1.54, 1.807) is 12.1 Å². The number of morpholine rings is 1.